The quantitative estimate of drug-likeness (QED) is 0.557. The highest BCUT2D eigenvalue weighted by atomic mass is 35.5. The summed E-state index contributed by atoms with van der Waals surface area (Å²) >= 11 is 11.7. The van der Waals surface area contributed by atoms with Gasteiger partial charge in [-0.15, -0.1) is 0 Å². The van der Waals surface area contributed by atoms with E-state index in [1.165, 1.54) is 30.3 Å². The van der Waals surface area contributed by atoms with Gasteiger partial charge in [-0.3, -0.25) is 14.9 Å². The Balaban J connectivity index is 2.21. The molecule has 0 radical (unpaired) electrons. The molecule has 24 heavy (non-hydrogen) atoms. The van der Waals surface area contributed by atoms with Crippen LogP contribution < -0.4 is 5.43 Å². The molecule has 8 heteroatoms. The Labute approximate surface area is 145 Å². The van der Waals surface area contributed by atoms with Crippen LogP contribution in [0.15, 0.2) is 51.9 Å². The molecule has 0 aliphatic rings. The fourth-order valence-electron chi connectivity index (χ4n) is 2.39. The van der Waals surface area contributed by atoms with Gasteiger partial charge in [-0.2, -0.15) is 0 Å². The molecule has 0 aliphatic carbocycles. The maximum Gasteiger partial charge on any atom is 0.275 e. The van der Waals surface area contributed by atoms with Crippen LogP contribution in [0.5, 0.6) is 0 Å². The van der Waals surface area contributed by atoms with E-state index in [4.69, 9.17) is 27.6 Å². The van der Waals surface area contributed by atoms with Crippen molar-refractivity contribution >= 4 is 39.9 Å². The minimum atomic E-state index is -1.57. The number of halogens is 2. The van der Waals surface area contributed by atoms with Crippen molar-refractivity contribution in [1.82, 2.24) is 0 Å². The number of nitrogens with zero attached hydrogens (tertiary/aromatic N) is 1. The Hall–Kier alpha value is -2.41. The lowest BCUT2D eigenvalue weighted by atomic mass is 10.00. The minimum Gasteiger partial charge on any atom is -0.464 e. The highest BCUT2D eigenvalue weighted by Gasteiger charge is 2.25. The first-order valence-corrected chi connectivity index (χ1v) is 7.47. The number of benzene rings is 2. The summed E-state index contributed by atoms with van der Waals surface area (Å²) in [7, 11) is 0. The van der Waals surface area contributed by atoms with Gasteiger partial charge in [0.25, 0.3) is 5.69 Å². The maximum absolute atomic E-state index is 12.6. The molecule has 0 saturated carbocycles. The molecule has 2 aromatic carbocycles. The first-order chi connectivity index (χ1) is 11.4. The van der Waals surface area contributed by atoms with Gasteiger partial charge in [-0.1, -0.05) is 23.2 Å². The molecule has 122 valence electrons. The number of hydrogen-bond donors (Lipinski definition) is 1. The molecule has 0 bridgehead atoms. The van der Waals surface area contributed by atoms with Crippen LogP contribution in [0.3, 0.4) is 0 Å². The first kappa shape index (κ1) is 16.4. The summed E-state index contributed by atoms with van der Waals surface area (Å²) in [6.45, 7) is 0. The van der Waals surface area contributed by atoms with E-state index in [0.717, 1.165) is 6.26 Å². The number of nitro groups is 1. The molecule has 1 heterocycles. The summed E-state index contributed by atoms with van der Waals surface area (Å²) in [5.41, 5.74) is -0.824. The predicted molar refractivity (Wildman–Crippen MR) is 89.7 cm³/mol. The van der Waals surface area contributed by atoms with Gasteiger partial charge in [0, 0.05) is 16.1 Å². The van der Waals surface area contributed by atoms with Gasteiger partial charge in [-0.25, -0.2) is 0 Å². The van der Waals surface area contributed by atoms with E-state index >= 15 is 0 Å². The van der Waals surface area contributed by atoms with Crippen LogP contribution in [-0.4, -0.2) is 10.0 Å². The van der Waals surface area contributed by atoms with Crippen molar-refractivity contribution in [1.29, 1.82) is 0 Å². The summed E-state index contributed by atoms with van der Waals surface area (Å²) in [5.74, 6) is 0. The summed E-state index contributed by atoms with van der Waals surface area (Å²) in [6, 6.07) is 8.23. The minimum absolute atomic E-state index is 0.0961. The van der Waals surface area contributed by atoms with Crippen LogP contribution in [0.2, 0.25) is 10.0 Å². The second-order valence-electron chi connectivity index (χ2n) is 5.02. The Morgan fingerprint density at radius 2 is 1.75 bits per heavy atom. The third kappa shape index (κ3) is 2.87. The smallest absolute Gasteiger partial charge is 0.275 e. The van der Waals surface area contributed by atoms with Crippen LogP contribution in [0.1, 0.15) is 17.2 Å². The molecule has 1 unspecified atom stereocenters. The molecular weight excluding hydrogens is 357 g/mol. The zero-order valence-electron chi connectivity index (χ0n) is 11.9. The van der Waals surface area contributed by atoms with Gasteiger partial charge in [0.2, 0.25) is 0 Å². The summed E-state index contributed by atoms with van der Waals surface area (Å²) < 4.78 is 5.33. The molecule has 0 fully saturated rings. The van der Waals surface area contributed by atoms with Crippen LogP contribution in [0.4, 0.5) is 5.69 Å². The standard InChI is InChI=1S/C16H9Cl2NO5/c17-8-1-3-13(19(22)23)10(5-8)15(20)12-7-24-14-4-2-9(18)6-11(14)16(12)21/h1-7,15,20H. The van der Waals surface area contributed by atoms with E-state index in [2.05, 4.69) is 0 Å². The summed E-state index contributed by atoms with van der Waals surface area (Å²) in [6.07, 6.45) is -0.489. The zero-order chi connectivity index (χ0) is 17.4. The number of rotatable bonds is 3. The lowest BCUT2D eigenvalue weighted by Gasteiger charge is -2.12. The Bertz CT molecular complexity index is 1020. The molecule has 1 atom stereocenters. The van der Waals surface area contributed by atoms with Gasteiger partial charge in [0.1, 0.15) is 18.0 Å². The average molecular weight is 366 g/mol. The molecule has 0 saturated heterocycles. The molecule has 6 nitrogen and oxygen atoms in total. The number of aliphatic hydroxyl groups is 1. The van der Waals surface area contributed by atoms with E-state index in [9.17, 15) is 20.0 Å². The molecule has 3 aromatic rings. The molecule has 1 N–H and O–H groups in total. The predicted octanol–water partition coefficient (Wildman–Crippen LogP) is 4.09. The number of nitro benzene ring substituents is 1. The number of hydrogen-bond acceptors (Lipinski definition) is 5. The van der Waals surface area contributed by atoms with Gasteiger partial charge in [0.15, 0.2) is 5.43 Å². The Morgan fingerprint density at radius 3 is 2.46 bits per heavy atom. The largest absolute Gasteiger partial charge is 0.464 e. The van der Waals surface area contributed by atoms with Gasteiger partial charge >= 0.3 is 0 Å². The maximum atomic E-state index is 12.6. The van der Waals surface area contributed by atoms with Crippen molar-refractivity contribution < 1.29 is 14.4 Å². The molecule has 0 aliphatic heterocycles. The van der Waals surface area contributed by atoms with E-state index in [-0.39, 0.29) is 27.2 Å². The van der Waals surface area contributed by atoms with Crippen molar-refractivity contribution in [3.63, 3.8) is 0 Å². The van der Waals surface area contributed by atoms with E-state index in [1.807, 2.05) is 0 Å². The van der Waals surface area contributed by atoms with E-state index in [0.29, 0.717) is 10.6 Å². The zero-order valence-corrected chi connectivity index (χ0v) is 13.4. The Kier molecular flexibility index (Phi) is 4.28. The topological polar surface area (TPSA) is 93.6 Å². The van der Waals surface area contributed by atoms with Crippen LogP contribution in [0.25, 0.3) is 11.0 Å². The third-order valence-corrected chi connectivity index (χ3v) is 4.01. The fourth-order valence-corrected chi connectivity index (χ4v) is 2.74. The molecular formula is C16H9Cl2NO5. The molecule has 0 amide bonds. The van der Waals surface area contributed by atoms with E-state index in [1.54, 1.807) is 6.07 Å². The average Bonchev–Trinajstić information content (AvgIpc) is 2.55. The van der Waals surface area contributed by atoms with E-state index < -0.39 is 16.5 Å². The number of fused-ring (bicyclic) bond motifs is 1. The second-order valence-corrected chi connectivity index (χ2v) is 5.90. The van der Waals surface area contributed by atoms with Crippen LogP contribution >= 0.6 is 23.2 Å². The van der Waals surface area contributed by atoms with Crippen LogP contribution in [0, 0.1) is 10.1 Å². The normalized spacial score (nSPS) is 12.3. The molecule has 0 spiro atoms. The third-order valence-electron chi connectivity index (χ3n) is 3.54. The lowest BCUT2D eigenvalue weighted by Crippen LogP contribution is -2.15. The molecule has 3 rings (SSSR count). The van der Waals surface area contributed by atoms with Crippen molar-refractivity contribution in [3.05, 3.63) is 84.2 Å². The molecule has 1 aromatic heterocycles. The lowest BCUT2D eigenvalue weighted by molar-refractivity contribution is -0.386. The monoisotopic (exact) mass is 365 g/mol. The highest BCUT2D eigenvalue weighted by molar-refractivity contribution is 6.31. The number of aliphatic hydroxyl groups excluding tert-OH is 1. The van der Waals surface area contributed by atoms with Crippen molar-refractivity contribution in [2.24, 2.45) is 0 Å². The van der Waals surface area contributed by atoms with Crippen molar-refractivity contribution in [2.75, 3.05) is 0 Å². The van der Waals surface area contributed by atoms with Gasteiger partial charge in [0.05, 0.1) is 21.4 Å². The first-order valence-electron chi connectivity index (χ1n) is 6.71. The van der Waals surface area contributed by atoms with Crippen molar-refractivity contribution in [2.45, 2.75) is 6.10 Å². The van der Waals surface area contributed by atoms with Gasteiger partial charge < -0.3 is 9.52 Å². The summed E-state index contributed by atoms with van der Waals surface area (Å²) in [5, 5.41) is 22.3. The fraction of sp³-hybridized carbons (Fsp3) is 0.0625. The Morgan fingerprint density at radius 1 is 1.08 bits per heavy atom. The van der Waals surface area contributed by atoms with Crippen molar-refractivity contribution in [3.8, 4) is 0 Å². The van der Waals surface area contributed by atoms with Crippen LogP contribution in [-0.2, 0) is 0 Å². The van der Waals surface area contributed by atoms with Gasteiger partial charge in [-0.05, 0) is 30.3 Å². The second kappa shape index (κ2) is 6.24. The summed E-state index contributed by atoms with van der Waals surface area (Å²) in [4.78, 5) is 23.1. The SMILES string of the molecule is O=c1c(C(O)c2cc(Cl)ccc2[N+](=O)[O-])coc2ccc(Cl)cc12. The highest BCUT2D eigenvalue weighted by Crippen LogP contribution is 2.31.